The quantitative estimate of drug-likeness (QED) is 0.283. The summed E-state index contributed by atoms with van der Waals surface area (Å²) in [4.78, 5) is 9.53. The largest absolute Gasteiger partial charge is 0.370 e. The lowest BCUT2D eigenvalue weighted by atomic mass is 10.1. The molecule has 0 spiro atoms. The van der Waals surface area contributed by atoms with Gasteiger partial charge in [-0.05, 0) is 24.6 Å². The van der Waals surface area contributed by atoms with Crippen LogP contribution in [0.1, 0.15) is 24.2 Å². The van der Waals surface area contributed by atoms with E-state index in [1.165, 1.54) is 11.3 Å². The highest BCUT2D eigenvalue weighted by Crippen LogP contribution is 2.22. The lowest BCUT2D eigenvalue weighted by molar-refractivity contribution is -0.00805. The number of aromatic nitrogens is 2. The number of halogens is 1. The molecule has 2 aliphatic heterocycles. The fraction of sp³-hybridized carbons (Fsp3) is 0.455. The Morgan fingerprint density at radius 3 is 2.67 bits per heavy atom. The molecule has 7 nitrogen and oxygen atoms in total. The van der Waals surface area contributed by atoms with E-state index in [0.29, 0.717) is 13.2 Å². The molecule has 1 fully saturated rings. The van der Waals surface area contributed by atoms with Gasteiger partial charge in [0.1, 0.15) is 6.10 Å². The smallest absolute Gasteiger partial charge is 0.194 e. The third-order valence-electron chi connectivity index (χ3n) is 5.33. The number of morpholine rings is 1. The maximum Gasteiger partial charge on any atom is 0.194 e. The van der Waals surface area contributed by atoms with Crippen molar-refractivity contribution in [2.24, 2.45) is 12.0 Å². The normalized spacial score (nSPS) is 19.1. The molecule has 0 aliphatic carbocycles. The molecule has 1 unspecified atom stereocenters. The van der Waals surface area contributed by atoms with Gasteiger partial charge in [0.25, 0.3) is 0 Å². The molecule has 0 bridgehead atoms. The summed E-state index contributed by atoms with van der Waals surface area (Å²) in [6.07, 6.45) is 8.35. The van der Waals surface area contributed by atoms with Crippen LogP contribution in [0.2, 0.25) is 0 Å². The van der Waals surface area contributed by atoms with Crippen LogP contribution in [0.25, 0.3) is 0 Å². The second kappa shape index (κ2) is 10.8. The summed E-state index contributed by atoms with van der Waals surface area (Å²) in [5.74, 6) is 0.942. The second-order valence-corrected chi connectivity index (χ2v) is 7.47. The zero-order valence-electron chi connectivity index (χ0n) is 17.7. The topological polar surface area (TPSA) is 57.9 Å². The minimum absolute atomic E-state index is 0. The van der Waals surface area contributed by atoms with Gasteiger partial charge in [-0.3, -0.25) is 4.68 Å². The van der Waals surface area contributed by atoms with Crippen LogP contribution >= 0.6 is 24.0 Å². The molecule has 1 aromatic carbocycles. The van der Waals surface area contributed by atoms with Gasteiger partial charge in [0.05, 0.1) is 25.9 Å². The van der Waals surface area contributed by atoms with Gasteiger partial charge in [-0.2, -0.15) is 5.10 Å². The Hall–Kier alpha value is -2.07. The van der Waals surface area contributed by atoms with Gasteiger partial charge in [0.15, 0.2) is 5.96 Å². The van der Waals surface area contributed by atoms with Crippen LogP contribution in [-0.4, -0.2) is 60.0 Å². The molecule has 1 aromatic heterocycles. The number of anilines is 1. The molecule has 0 radical (unpaired) electrons. The average Bonchev–Trinajstić information content (AvgIpc) is 3.44. The Balaban J connectivity index is 0.00000256. The van der Waals surface area contributed by atoms with E-state index in [9.17, 15) is 0 Å². The third-order valence-corrected chi connectivity index (χ3v) is 5.33. The third kappa shape index (κ3) is 5.54. The van der Waals surface area contributed by atoms with Gasteiger partial charge in [0.2, 0.25) is 0 Å². The van der Waals surface area contributed by atoms with Gasteiger partial charge >= 0.3 is 0 Å². The molecule has 30 heavy (non-hydrogen) atoms. The lowest BCUT2D eigenvalue weighted by Crippen LogP contribution is -2.48. The number of nitrogens with zero attached hydrogens (tertiary/aromatic N) is 5. The zero-order chi connectivity index (χ0) is 20.1. The van der Waals surface area contributed by atoms with Gasteiger partial charge in [-0.25, -0.2) is 4.99 Å². The van der Waals surface area contributed by atoms with E-state index in [2.05, 4.69) is 63.6 Å². The summed E-state index contributed by atoms with van der Waals surface area (Å²) >= 11 is 0. The van der Waals surface area contributed by atoms with Gasteiger partial charge in [-0.15, -0.1) is 24.0 Å². The first-order chi connectivity index (χ1) is 14.2. The van der Waals surface area contributed by atoms with Crippen LogP contribution in [-0.2, 0) is 18.3 Å². The Kier molecular flexibility index (Phi) is 8.15. The molecular formula is C22H31IN6O. The maximum atomic E-state index is 5.97. The van der Waals surface area contributed by atoms with Crippen molar-refractivity contribution in [3.8, 4) is 0 Å². The van der Waals surface area contributed by atoms with Crippen molar-refractivity contribution < 1.29 is 4.74 Å². The Morgan fingerprint density at radius 1 is 1.23 bits per heavy atom. The van der Waals surface area contributed by atoms with E-state index in [1.54, 1.807) is 0 Å². The Morgan fingerprint density at radius 2 is 2.00 bits per heavy atom. The SMILES string of the molecule is CCNC(=NCc1ccc(N2CC=CC2)cc1)N1CCOC(c2cnn(C)c2)C1.I. The molecule has 162 valence electrons. The highest BCUT2D eigenvalue weighted by atomic mass is 127. The monoisotopic (exact) mass is 522 g/mol. The molecular weight excluding hydrogens is 491 g/mol. The first-order valence-corrected chi connectivity index (χ1v) is 10.3. The minimum atomic E-state index is 0. The summed E-state index contributed by atoms with van der Waals surface area (Å²) in [6.45, 7) is 7.90. The lowest BCUT2D eigenvalue weighted by Gasteiger charge is -2.34. The predicted molar refractivity (Wildman–Crippen MR) is 131 cm³/mol. The van der Waals surface area contributed by atoms with Crippen LogP contribution < -0.4 is 10.2 Å². The number of hydrogen-bond donors (Lipinski definition) is 1. The molecule has 1 N–H and O–H groups in total. The molecule has 0 saturated carbocycles. The fourth-order valence-corrected chi connectivity index (χ4v) is 3.74. The van der Waals surface area contributed by atoms with Crippen molar-refractivity contribution in [2.45, 2.75) is 19.6 Å². The van der Waals surface area contributed by atoms with E-state index >= 15 is 0 Å². The molecule has 4 rings (SSSR count). The summed E-state index contributed by atoms with van der Waals surface area (Å²) in [6, 6.07) is 8.74. The number of aryl methyl sites for hydroxylation is 1. The van der Waals surface area contributed by atoms with Crippen LogP contribution in [0.4, 0.5) is 5.69 Å². The van der Waals surface area contributed by atoms with E-state index in [0.717, 1.165) is 44.2 Å². The van der Waals surface area contributed by atoms with E-state index < -0.39 is 0 Å². The van der Waals surface area contributed by atoms with Crippen molar-refractivity contribution in [2.75, 3.05) is 44.2 Å². The average molecular weight is 522 g/mol. The molecule has 8 heteroatoms. The van der Waals surface area contributed by atoms with E-state index in [1.807, 2.05) is 24.1 Å². The highest BCUT2D eigenvalue weighted by Gasteiger charge is 2.25. The van der Waals surface area contributed by atoms with Crippen LogP contribution in [0.5, 0.6) is 0 Å². The number of guanidine groups is 1. The highest BCUT2D eigenvalue weighted by molar-refractivity contribution is 14.0. The standard InChI is InChI=1S/C22H30N6O.HI/c1-3-23-22(28-12-13-29-21(17-28)19-15-25-26(2)16-19)24-14-18-6-8-20(9-7-18)27-10-4-5-11-27;/h4-9,15-16,21H,3,10-14,17H2,1-2H3,(H,23,24);1H. The van der Waals surface area contributed by atoms with Crippen LogP contribution in [0, 0.1) is 0 Å². The van der Waals surface area contributed by atoms with Crippen molar-refractivity contribution in [1.82, 2.24) is 20.0 Å². The summed E-state index contributed by atoms with van der Waals surface area (Å²) in [7, 11) is 1.93. The molecule has 3 heterocycles. The van der Waals surface area contributed by atoms with Gasteiger partial charge in [0, 0.05) is 50.7 Å². The maximum absolute atomic E-state index is 5.97. The zero-order valence-corrected chi connectivity index (χ0v) is 20.0. The first-order valence-electron chi connectivity index (χ1n) is 10.3. The number of benzene rings is 1. The Bertz CT molecular complexity index is 855. The van der Waals surface area contributed by atoms with Crippen molar-refractivity contribution in [3.63, 3.8) is 0 Å². The van der Waals surface area contributed by atoms with Gasteiger partial charge in [-0.1, -0.05) is 24.3 Å². The number of rotatable bonds is 5. The molecule has 0 amide bonds. The fourth-order valence-electron chi connectivity index (χ4n) is 3.74. The van der Waals surface area contributed by atoms with Crippen LogP contribution in [0.3, 0.4) is 0 Å². The number of aliphatic imine (C=N–C) groups is 1. The Labute approximate surface area is 195 Å². The van der Waals surface area contributed by atoms with Crippen molar-refractivity contribution in [3.05, 3.63) is 59.9 Å². The van der Waals surface area contributed by atoms with E-state index in [4.69, 9.17) is 9.73 Å². The predicted octanol–water partition coefficient (Wildman–Crippen LogP) is 2.95. The summed E-state index contributed by atoms with van der Waals surface area (Å²) in [5, 5.41) is 7.71. The molecule has 1 saturated heterocycles. The number of nitrogens with one attached hydrogen (secondary N) is 1. The molecule has 2 aliphatic rings. The number of hydrogen-bond acceptors (Lipinski definition) is 4. The number of ether oxygens (including phenoxy) is 1. The van der Waals surface area contributed by atoms with Crippen molar-refractivity contribution >= 4 is 35.6 Å². The summed E-state index contributed by atoms with van der Waals surface area (Å²) < 4.78 is 7.79. The van der Waals surface area contributed by atoms with Gasteiger partial charge < -0.3 is 19.9 Å². The van der Waals surface area contributed by atoms with E-state index in [-0.39, 0.29) is 30.1 Å². The molecule has 1 atom stereocenters. The first kappa shape index (κ1) is 22.6. The van der Waals surface area contributed by atoms with Crippen molar-refractivity contribution in [1.29, 1.82) is 0 Å². The minimum Gasteiger partial charge on any atom is -0.370 e. The second-order valence-electron chi connectivity index (χ2n) is 7.47. The molecule has 2 aromatic rings. The van der Waals surface area contributed by atoms with Crippen LogP contribution in [0.15, 0.2) is 53.8 Å². The summed E-state index contributed by atoms with van der Waals surface area (Å²) in [5.41, 5.74) is 3.59.